The van der Waals surface area contributed by atoms with Crippen molar-refractivity contribution in [3.8, 4) is 21.7 Å². The number of ether oxygens (including phenoxy) is 2. The summed E-state index contributed by atoms with van der Waals surface area (Å²) < 4.78 is 11.4. The topological polar surface area (TPSA) is 101 Å². The fourth-order valence-electron chi connectivity index (χ4n) is 5.56. The molecule has 0 aromatic carbocycles. The van der Waals surface area contributed by atoms with Crippen LogP contribution in [-0.2, 0) is 9.47 Å². The highest BCUT2D eigenvalue weighted by molar-refractivity contribution is 7.13. The molecule has 44 heavy (non-hydrogen) atoms. The van der Waals surface area contributed by atoms with Gasteiger partial charge in [-0.2, -0.15) is 0 Å². The smallest absolute Gasteiger partial charge is 0.416 e. The lowest BCUT2D eigenvalue weighted by atomic mass is 9.94. The molecule has 0 radical (unpaired) electrons. The van der Waals surface area contributed by atoms with Gasteiger partial charge in [0.1, 0.15) is 22.8 Å². The molecule has 0 bridgehead atoms. The molecule has 0 spiro atoms. The third-order valence-electron chi connectivity index (χ3n) is 7.60. The number of hydrogen-bond acceptors (Lipinski definition) is 9. The third-order valence-corrected chi connectivity index (χ3v) is 8.42. The van der Waals surface area contributed by atoms with Crippen LogP contribution in [-0.4, -0.2) is 75.5 Å². The molecule has 1 aliphatic heterocycles. The van der Waals surface area contributed by atoms with Crippen LogP contribution in [0.5, 0.6) is 0 Å². The SMILES string of the molecule is CC(C)(C)OC(=O)N1CCN(c2cc(-c3cncs3)cc(-c3ccnc(N(C(=O)OC(C)(C)C)C4CCCCC4)c3)n2)CC1. The number of amides is 2. The highest BCUT2D eigenvalue weighted by Gasteiger charge is 2.32. The number of rotatable bonds is 5. The minimum atomic E-state index is -0.616. The number of anilines is 2. The van der Waals surface area contributed by atoms with Crippen molar-refractivity contribution in [1.29, 1.82) is 0 Å². The molecule has 0 N–H and O–H groups in total. The molecule has 11 heteroatoms. The van der Waals surface area contributed by atoms with Gasteiger partial charge in [0.15, 0.2) is 0 Å². The van der Waals surface area contributed by atoms with Crippen molar-refractivity contribution in [3.63, 3.8) is 0 Å². The summed E-state index contributed by atoms with van der Waals surface area (Å²) in [5.41, 5.74) is 3.32. The third kappa shape index (κ3) is 8.05. The summed E-state index contributed by atoms with van der Waals surface area (Å²) in [5, 5.41) is 0. The van der Waals surface area contributed by atoms with Gasteiger partial charge in [0, 0.05) is 50.2 Å². The predicted octanol–water partition coefficient (Wildman–Crippen LogP) is 7.40. The van der Waals surface area contributed by atoms with Gasteiger partial charge in [-0.3, -0.25) is 9.88 Å². The van der Waals surface area contributed by atoms with Crippen LogP contribution >= 0.6 is 11.3 Å². The van der Waals surface area contributed by atoms with Crippen molar-refractivity contribution in [2.75, 3.05) is 36.0 Å². The van der Waals surface area contributed by atoms with Crippen LogP contribution in [0.1, 0.15) is 73.6 Å². The molecule has 236 valence electrons. The molecule has 5 rings (SSSR count). The summed E-state index contributed by atoms with van der Waals surface area (Å²) in [7, 11) is 0. The van der Waals surface area contributed by atoms with E-state index in [1.54, 1.807) is 27.3 Å². The number of piperazine rings is 1. The number of carbonyl (C=O) groups excluding carboxylic acids is 2. The lowest BCUT2D eigenvalue weighted by Crippen LogP contribution is -2.50. The lowest BCUT2D eigenvalue weighted by Gasteiger charge is -2.36. The zero-order valence-corrected chi connectivity index (χ0v) is 27.5. The predicted molar refractivity (Wildman–Crippen MR) is 174 cm³/mol. The van der Waals surface area contributed by atoms with Crippen molar-refractivity contribution >= 4 is 35.2 Å². The molecule has 4 heterocycles. The summed E-state index contributed by atoms with van der Waals surface area (Å²) in [6.07, 6.45) is 8.11. The van der Waals surface area contributed by atoms with Crippen LogP contribution in [0.15, 0.2) is 42.2 Å². The monoisotopic (exact) mass is 620 g/mol. The Morgan fingerprint density at radius 1 is 0.909 bits per heavy atom. The van der Waals surface area contributed by atoms with Crippen molar-refractivity contribution in [3.05, 3.63) is 42.2 Å². The largest absolute Gasteiger partial charge is 0.444 e. The van der Waals surface area contributed by atoms with Gasteiger partial charge >= 0.3 is 12.2 Å². The van der Waals surface area contributed by atoms with Gasteiger partial charge in [0.25, 0.3) is 0 Å². The van der Waals surface area contributed by atoms with Crippen LogP contribution < -0.4 is 9.80 Å². The standard InChI is InChI=1S/C33H44N6O4S/c1-32(2,3)42-30(40)38-16-14-37(15-17-38)29-20-24(27-21-34-22-44-27)18-26(36-29)23-12-13-35-28(19-23)39(25-10-8-7-9-11-25)31(41)43-33(4,5)6/h12-13,18-22,25H,7-11,14-17H2,1-6H3. The Hall–Kier alpha value is -3.73. The quantitative estimate of drug-likeness (QED) is 0.291. The summed E-state index contributed by atoms with van der Waals surface area (Å²) in [6.45, 7) is 13.6. The van der Waals surface area contributed by atoms with Gasteiger partial charge in [-0.05, 0) is 84.2 Å². The number of pyridine rings is 2. The summed E-state index contributed by atoms with van der Waals surface area (Å²) in [5.74, 6) is 1.39. The molecule has 2 fully saturated rings. The fourth-order valence-corrected chi connectivity index (χ4v) is 6.17. The number of carbonyl (C=O) groups is 2. The minimum absolute atomic E-state index is 0.0367. The molecule has 1 saturated heterocycles. The van der Waals surface area contributed by atoms with Gasteiger partial charge < -0.3 is 19.3 Å². The Labute approximate surface area is 264 Å². The van der Waals surface area contributed by atoms with Gasteiger partial charge in [-0.15, -0.1) is 11.3 Å². The van der Waals surface area contributed by atoms with Crippen molar-refractivity contribution in [2.24, 2.45) is 0 Å². The Morgan fingerprint density at radius 3 is 2.25 bits per heavy atom. The van der Waals surface area contributed by atoms with E-state index in [0.29, 0.717) is 32.0 Å². The molecule has 0 atom stereocenters. The Morgan fingerprint density at radius 2 is 1.61 bits per heavy atom. The van der Waals surface area contributed by atoms with Crippen LogP contribution in [0, 0.1) is 0 Å². The Balaban J connectivity index is 1.46. The Bertz CT molecular complexity index is 1440. The lowest BCUT2D eigenvalue weighted by molar-refractivity contribution is 0.0240. The zero-order chi connectivity index (χ0) is 31.5. The van der Waals surface area contributed by atoms with Gasteiger partial charge in [-0.25, -0.2) is 19.6 Å². The molecular formula is C33H44N6O4S. The second-order valence-corrected chi connectivity index (χ2v) is 14.4. The molecular weight excluding hydrogens is 576 g/mol. The second kappa shape index (κ2) is 13.1. The van der Waals surface area contributed by atoms with Crippen LogP contribution in [0.2, 0.25) is 0 Å². The fraction of sp³-hybridized carbons (Fsp3) is 0.545. The van der Waals surface area contributed by atoms with Crippen LogP contribution in [0.3, 0.4) is 0 Å². The number of hydrogen-bond donors (Lipinski definition) is 0. The highest BCUT2D eigenvalue weighted by Crippen LogP contribution is 2.34. The Kier molecular flexibility index (Phi) is 9.43. The van der Waals surface area contributed by atoms with Crippen LogP contribution in [0.25, 0.3) is 21.7 Å². The first kappa shape index (κ1) is 31.7. The maximum atomic E-state index is 13.5. The van der Waals surface area contributed by atoms with E-state index in [1.807, 2.05) is 65.4 Å². The first-order valence-electron chi connectivity index (χ1n) is 15.5. The van der Waals surface area contributed by atoms with E-state index in [-0.39, 0.29) is 18.2 Å². The van der Waals surface area contributed by atoms with E-state index in [9.17, 15) is 9.59 Å². The van der Waals surface area contributed by atoms with E-state index in [4.69, 9.17) is 14.5 Å². The zero-order valence-electron chi connectivity index (χ0n) is 26.7. The molecule has 3 aromatic heterocycles. The normalized spacial score (nSPS) is 16.5. The summed E-state index contributed by atoms with van der Waals surface area (Å²) >= 11 is 1.57. The molecule has 1 saturated carbocycles. The molecule has 10 nitrogen and oxygen atoms in total. The molecule has 0 unspecified atom stereocenters. The van der Waals surface area contributed by atoms with E-state index in [2.05, 4.69) is 27.0 Å². The highest BCUT2D eigenvalue weighted by atomic mass is 32.1. The van der Waals surface area contributed by atoms with E-state index in [1.165, 1.54) is 6.42 Å². The maximum Gasteiger partial charge on any atom is 0.416 e. The second-order valence-electron chi connectivity index (χ2n) is 13.5. The summed E-state index contributed by atoms with van der Waals surface area (Å²) in [6, 6.07) is 8.06. The minimum Gasteiger partial charge on any atom is -0.444 e. The molecule has 1 aliphatic carbocycles. The maximum absolute atomic E-state index is 13.5. The first-order valence-corrected chi connectivity index (χ1v) is 16.4. The van der Waals surface area contributed by atoms with Crippen molar-refractivity contribution in [2.45, 2.75) is 90.9 Å². The van der Waals surface area contributed by atoms with Crippen molar-refractivity contribution < 1.29 is 19.1 Å². The van der Waals surface area contributed by atoms with E-state index in [0.717, 1.165) is 53.2 Å². The average molecular weight is 621 g/mol. The summed E-state index contributed by atoms with van der Waals surface area (Å²) in [4.78, 5) is 47.0. The molecule has 2 amide bonds. The number of thiazole rings is 1. The van der Waals surface area contributed by atoms with E-state index < -0.39 is 11.2 Å². The molecule has 3 aromatic rings. The average Bonchev–Trinajstić information content (AvgIpc) is 3.52. The van der Waals surface area contributed by atoms with Crippen LogP contribution in [0.4, 0.5) is 21.2 Å². The van der Waals surface area contributed by atoms with Gasteiger partial charge in [0.05, 0.1) is 16.1 Å². The first-order chi connectivity index (χ1) is 20.9. The van der Waals surface area contributed by atoms with Gasteiger partial charge in [0.2, 0.25) is 0 Å². The van der Waals surface area contributed by atoms with Crippen molar-refractivity contribution in [1.82, 2.24) is 19.9 Å². The number of aromatic nitrogens is 3. The van der Waals surface area contributed by atoms with Gasteiger partial charge in [-0.1, -0.05) is 19.3 Å². The molecule has 2 aliphatic rings. The number of nitrogens with zero attached hydrogens (tertiary/aromatic N) is 6. The van der Waals surface area contributed by atoms with E-state index >= 15 is 0 Å².